The lowest BCUT2D eigenvalue weighted by atomic mass is 9.90. The van der Waals surface area contributed by atoms with E-state index in [0.29, 0.717) is 19.3 Å². The van der Waals surface area contributed by atoms with Gasteiger partial charge in [-0.05, 0) is 19.3 Å². The molecule has 0 spiro atoms. The molecule has 0 aromatic heterocycles. The number of hydrogen-bond acceptors (Lipinski definition) is 2. The normalized spacial score (nSPS) is 12.3. The average molecular weight is 296 g/mol. The Balaban J connectivity index is 3.86. The van der Waals surface area contributed by atoms with E-state index in [1.165, 1.54) is 38.5 Å². The largest absolute Gasteiger partial charge is 0.299 e. The summed E-state index contributed by atoms with van der Waals surface area (Å²) in [6.07, 6.45) is 13.5. The Morgan fingerprint density at radius 1 is 0.619 bits per heavy atom. The van der Waals surface area contributed by atoms with Gasteiger partial charge in [0.15, 0.2) is 0 Å². The van der Waals surface area contributed by atoms with Crippen LogP contribution in [-0.4, -0.2) is 11.6 Å². The van der Waals surface area contributed by atoms with E-state index in [1.807, 2.05) is 6.92 Å². The number of carbonyl (C=O) groups excluding carboxylic acids is 2. The molecule has 0 aromatic rings. The van der Waals surface area contributed by atoms with Crippen LogP contribution in [-0.2, 0) is 9.59 Å². The van der Waals surface area contributed by atoms with Crippen LogP contribution in [0.3, 0.4) is 0 Å². The Kier molecular flexibility index (Phi) is 13.8. The summed E-state index contributed by atoms with van der Waals surface area (Å²) in [6.45, 7) is 6.34. The Morgan fingerprint density at radius 2 is 1.00 bits per heavy atom. The van der Waals surface area contributed by atoms with Crippen LogP contribution in [0.5, 0.6) is 0 Å². The first-order chi connectivity index (χ1) is 10.2. The lowest BCUT2D eigenvalue weighted by Crippen LogP contribution is -2.23. The molecule has 0 radical (unpaired) electrons. The fourth-order valence-corrected chi connectivity index (χ4v) is 2.79. The molecule has 0 fully saturated rings. The summed E-state index contributed by atoms with van der Waals surface area (Å²) in [5.41, 5.74) is 0. The van der Waals surface area contributed by atoms with E-state index in [0.717, 1.165) is 25.7 Å². The molecule has 0 saturated heterocycles. The Bertz CT molecular complexity index is 271. The molecule has 0 rings (SSSR count). The third-order valence-corrected chi connectivity index (χ3v) is 4.24. The highest BCUT2D eigenvalue weighted by Crippen LogP contribution is 2.16. The zero-order valence-electron chi connectivity index (χ0n) is 14.6. The minimum absolute atomic E-state index is 0.185. The van der Waals surface area contributed by atoms with Gasteiger partial charge < -0.3 is 0 Å². The highest BCUT2D eigenvalue weighted by molar-refractivity contribution is 6.02. The third kappa shape index (κ3) is 10.7. The maximum Gasteiger partial charge on any atom is 0.143 e. The number of ketones is 2. The van der Waals surface area contributed by atoms with Gasteiger partial charge in [0.1, 0.15) is 11.6 Å². The summed E-state index contributed by atoms with van der Waals surface area (Å²) < 4.78 is 0. The maximum absolute atomic E-state index is 12.2. The van der Waals surface area contributed by atoms with E-state index < -0.39 is 0 Å². The van der Waals surface area contributed by atoms with Crippen molar-refractivity contribution in [3.05, 3.63) is 0 Å². The molecule has 0 bridgehead atoms. The number of rotatable bonds is 15. The van der Waals surface area contributed by atoms with Gasteiger partial charge >= 0.3 is 0 Å². The first kappa shape index (κ1) is 20.3. The second-order valence-corrected chi connectivity index (χ2v) is 6.22. The molecule has 124 valence electrons. The predicted octanol–water partition coefficient (Wildman–Crippen LogP) is 5.87. The van der Waals surface area contributed by atoms with Crippen LogP contribution in [0, 0.1) is 5.92 Å². The van der Waals surface area contributed by atoms with E-state index in [-0.39, 0.29) is 17.5 Å². The Labute approximate surface area is 132 Å². The smallest absolute Gasteiger partial charge is 0.143 e. The van der Waals surface area contributed by atoms with Crippen molar-refractivity contribution < 1.29 is 9.59 Å². The summed E-state index contributed by atoms with van der Waals surface area (Å²) in [5, 5.41) is 0. The lowest BCUT2D eigenvalue weighted by Gasteiger charge is -2.12. The number of hydrogen-bond donors (Lipinski definition) is 0. The van der Waals surface area contributed by atoms with E-state index in [9.17, 15) is 9.59 Å². The second kappa shape index (κ2) is 14.3. The van der Waals surface area contributed by atoms with Crippen molar-refractivity contribution in [3.63, 3.8) is 0 Å². The van der Waals surface area contributed by atoms with Crippen molar-refractivity contribution >= 4 is 11.6 Å². The first-order valence-electron chi connectivity index (χ1n) is 9.22. The molecule has 0 aliphatic rings. The van der Waals surface area contributed by atoms with Gasteiger partial charge in [-0.25, -0.2) is 0 Å². The van der Waals surface area contributed by atoms with E-state index in [2.05, 4.69) is 13.8 Å². The van der Waals surface area contributed by atoms with Crippen LogP contribution < -0.4 is 0 Å². The molecule has 1 unspecified atom stereocenters. The molecule has 0 N–H and O–H groups in total. The molecule has 0 heterocycles. The van der Waals surface area contributed by atoms with Crippen LogP contribution in [0.2, 0.25) is 0 Å². The number of unbranched alkanes of at least 4 members (excludes halogenated alkanes) is 8. The molecular formula is C19H36O2. The van der Waals surface area contributed by atoms with Crippen molar-refractivity contribution in [2.75, 3.05) is 0 Å². The van der Waals surface area contributed by atoms with Crippen molar-refractivity contribution in [1.29, 1.82) is 0 Å². The van der Waals surface area contributed by atoms with Gasteiger partial charge in [-0.2, -0.15) is 0 Å². The van der Waals surface area contributed by atoms with Crippen LogP contribution in [0.25, 0.3) is 0 Å². The Morgan fingerprint density at radius 3 is 1.43 bits per heavy atom. The summed E-state index contributed by atoms with van der Waals surface area (Å²) in [6, 6.07) is 0. The number of Topliss-reactive ketones (excluding diaryl/α,β-unsaturated/α-hetero) is 2. The van der Waals surface area contributed by atoms with Gasteiger partial charge in [-0.1, -0.05) is 72.1 Å². The fourth-order valence-electron chi connectivity index (χ4n) is 2.79. The summed E-state index contributed by atoms with van der Waals surface area (Å²) in [4.78, 5) is 24.3. The van der Waals surface area contributed by atoms with Crippen LogP contribution in [0.15, 0.2) is 0 Å². The van der Waals surface area contributed by atoms with Crippen molar-refractivity contribution in [3.8, 4) is 0 Å². The van der Waals surface area contributed by atoms with Gasteiger partial charge in [0.25, 0.3) is 0 Å². The van der Waals surface area contributed by atoms with Crippen LogP contribution >= 0.6 is 0 Å². The molecule has 0 aromatic carbocycles. The Hall–Kier alpha value is -0.660. The first-order valence-corrected chi connectivity index (χ1v) is 9.22. The quantitative estimate of drug-likeness (QED) is 0.280. The lowest BCUT2D eigenvalue weighted by molar-refractivity contribution is -0.133. The minimum Gasteiger partial charge on any atom is -0.299 e. The van der Waals surface area contributed by atoms with Gasteiger partial charge in [-0.3, -0.25) is 9.59 Å². The minimum atomic E-state index is -0.317. The van der Waals surface area contributed by atoms with Gasteiger partial charge in [-0.15, -0.1) is 0 Å². The van der Waals surface area contributed by atoms with E-state index >= 15 is 0 Å². The number of carbonyl (C=O) groups is 2. The average Bonchev–Trinajstić information content (AvgIpc) is 2.48. The molecule has 21 heavy (non-hydrogen) atoms. The molecule has 0 saturated carbocycles. The van der Waals surface area contributed by atoms with Gasteiger partial charge in [0.2, 0.25) is 0 Å². The zero-order valence-corrected chi connectivity index (χ0v) is 14.6. The summed E-state index contributed by atoms with van der Waals surface area (Å²) in [7, 11) is 0. The van der Waals surface area contributed by atoms with E-state index in [4.69, 9.17) is 0 Å². The van der Waals surface area contributed by atoms with Crippen molar-refractivity contribution in [1.82, 2.24) is 0 Å². The molecule has 0 amide bonds. The zero-order chi connectivity index (χ0) is 15.9. The third-order valence-electron chi connectivity index (χ3n) is 4.24. The molecule has 0 aliphatic heterocycles. The highest BCUT2D eigenvalue weighted by Gasteiger charge is 2.23. The van der Waals surface area contributed by atoms with Gasteiger partial charge in [0.05, 0.1) is 5.92 Å². The molecular weight excluding hydrogens is 260 g/mol. The standard InChI is InChI=1S/C19H36O2/c1-4-7-9-11-12-14-16-19(21)17(6-3)18(20)15-13-10-8-5-2/h17H,4-16H2,1-3H3. The van der Waals surface area contributed by atoms with Crippen LogP contribution in [0.1, 0.15) is 104 Å². The summed E-state index contributed by atoms with van der Waals surface area (Å²) >= 11 is 0. The maximum atomic E-state index is 12.2. The molecule has 2 nitrogen and oxygen atoms in total. The molecule has 1 atom stereocenters. The van der Waals surface area contributed by atoms with Gasteiger partial charge in [0, 0.05) is 12.8 Å². The molecule has 0 aliphatic carbocycles. The predicted molar refractivity (Wildman–Crippen MR) is 90.5 cm³/mol. The highest BCUT2D eigenvalue weighted by atomic mass is 16.1. The van der Waals surface area contributed by atoms with Crippen molar-refractivity contribution in [2.24, 2.45) is 5.92 Å². The monoisotopic (exact) mass is 296 g/mol. The van der Waals surface area contributed by atoms with E-state index in [1.54, 1.807) is 0 Å². The second-order valence-electron chi connectivity index (χ2n) is 6.22. The SMILES string of the molecule is CCCCCCCCC(=O)C(CC)C(=O)CCCCCC. The fraction of sp³-hybridized carbons (Fsp3) is 0.895. The molecule has 2 heteroatoms. The topological polar surface area (TPSA) is 34.1 Å². The summed E-state index contributed by atoms with van der Waals surface area (Å²) in [5.74, 6) is 0.0559. The van der Waals surface area contributed by atoms with Crippen LogP contribution in [0.4, 0.5) is 0 Å². The van der Waals surface area contributed by atoms with Crippen molar-refractivity contribution in [2.45, 2.75) is 104 Å².